The summed E-state index contributed by atoms with van der Waals surface area (Å²) in [6, 6.07) is 5.93. The monoisotopic (exact) mass is 279 g/mol. The summed E-state index contributed by atoms with van der Waals surface area (Å²) in [5.41, 5.74) is 1.13. The van der Waals surface area contributed by atoms with E-state index in [1.165, 1.54) is 49.2 Å². The van der Waals surface area contributed by atoms with E-state index in [-0.39, 0.29) is 5.82 Å². The van der Waals surface area contributed by atoms with Gasteiger partial charge in [0.1, 0.15) is 5.82 Å². The van der Waals surface area contributed by atoms with Crippen LogP contribution in [-0.2, 0) is 6.54 Å². The molecule has 1 aromatic carbocycles. The number of thioether (sulfide) groups is 1. The first-order chi connectivity index (χ1) is 9.31. The van der Waals surface area contributed by atoms with Crippen molar-refractivity contribution in [1.29, 1.82) is 0 Å². The fourth-order valence-corrected chi connectivity index (χ4v) is 3.98. The molecule has 0 spiro atoms. The fraction of sp³-hybridized carbons (Fsp3) is 0.625. The summed E-state index contributed by atoms with van der Waals surface area (Å²) in [4.78, 5) is 1.27. The molecule has 1 nitrogen and oxygen atoms in total. The van der Waals surface area contributed by atoms with Gasteiger partial charge in [0.2, 0.25) is 0 Å². The Kier molecular flexibility index (Phi) is 4.44. The average molecular weight is 279 g/mol. The van der Waals surface area contributed by atoms with Crippen LogP contribution in [0.2, 0.25) is 0 Å². The van der Waals surface area contributed by atoms with E-state index in [9.17, 15) is 4.39 Å². The Balaban J connectivity index is 1.60. The van der Waals surface area contributed by atoms with E-state index in [1.807, 2.05) is 17.8 Å². The van der Waals surface area contributed by atoms with Gasteiger partial charge in [-0.2, -0.15) is 0 Å². The van der Waals surface area contributed by atoms with Crippen molar-refractivity contribution in [2.45, 2.75) is 56.0 Å². The molecular weight excluding hydrogens is 257 g/mol. The molecule has 2 saturated carbocycles. The third-order valence-corrected chi connectivity index (χ3v) is 5.48. The molecule has 104 valence electrons. The van der Waals surface area contributed by atoms with Gasteiger partial charge in [-0.05, 0) is 55.4 Å². The van der Waals surface area contributed by atoms with Crippen molar-refractivity contribution in [3.8, 4) is 0 Å². The predicted molar refractivity (Wildman–Crippen MR) is 78.9 cm³/mol. The van der Waals surface area contributed by atoms with Gasteiger partial charge in [0.05, 0.1) is 0 Å². The minimum atomic E-state index is -0.113. The minimum Gasteiger partial charge on any atom is -0.310 e. The number of benzene rings is 1. The first kappa shape index (κ1) is 13.4. The number of nitrogens with one attached hydrogen (secondary N) is 1. The molecule has 0 heterocycles. The van der Waals surface area contributed by atoms with Gasteiger partial charge < -0.3 is 5.32 Å². The zero-order valence-electron chi connectivity index (χ0n) is 11.3. The zero-order valence-corrected chi connectivity index (χ0v) is 12.1. The summed E-state index contributed by atoms with van der Waals surface area (Å²) < 4.78 is 13.4. The maximum absolute atomic E-state index is 13.4. The van der Waals surface area contributed by atoms with E-state index in [1.54, 1.807) is 12.1 Å². The Bertz CT molecular complexity index is 425. The zero-order chi connectivity index (χ0) is 13.1. The van der Waals surface area contributed by atoms with Crippen molar-refractivity contribution in [2.24, 2.45) is 5.92 Å². The van der Waals surface area contributed by atoms with Crippen LogP contribution in [-0.4, -0.2) is 11.8 Å². The molecule has 0 aromatic heterocycles. The smallest absolute Gasteiger partial charge is 0.123 e. The molecule has 2 fully saturated rings. The summed E-state index contributed by atoms with van der Waals surface area (Å²) >= 11 is 1.92. The molecule has 3 heteroatoms. The molecule has 0 radical (unpaired) electrons. The number of hydrogen-bond acceptors (Lipinski definition) is 2. The lowest BCUT2D eigenvalue weighted by molar-refractivity contribution is 0.614. The lowest BCUT2D eigenvalue weighted by atomic mass is 10.1. The van der Waals surface area contributed by atoms with Crippen LogP contribution in [0.15, 0.2) is 23.1 Å². The van der Waals surface area contributed by atoms with E-state index in [2.05, 4.69) is 5.32 Å². The van der Waals surface area contributed by atoms with Crippen LogP contribution in [0.4, 0.5) is 4.39 Å². The van der Waals surface area contributed by atoms with Crippen molar-refractivity contribution in [2.75, 3.05) is 5.75 Å². The molecule has 0 unspecified atom stereocenters. The second-order valence-corrected chi connectivity index (χ2v) is 6.93. The van der Waals surface area contributed by atoms with Gasteiger partial charge in [-0.25, -0.2) is 4.39 Å². The van der Waals surface area contributed by atoms with Crippen LogP contribution < -0.4 is 5.32 Å². The van der Waals surface area contributed by atoms with Gasteiger partial charge in [0.25, 0.3) is 0 Å². The number of rotatable bonds is 6. The van der Waals surface area contributed by atoms with E-state index < -0.39 is 0 Å². The molecule has 0 amide bonds. The molecule has 1 aromatic rings. The third-order valence-electron chi connectivity index (χ3n) is 4.13. The van der Waals surface area contributed by atoms with E-state index in [0.717, 1.165) is 18.0 Å². The first-order valence-corrected chi connectivity index (χ1v) is 8.44. The van der Waals surface area contributed by atoms with Crippen molar-refractivity contribution in [3.05, 3.63) is 29.6 Å². The maximum Gasteiger partial charge on any atom is 0.123 e. The van der Waals surface area contributed by atoms with Gasteiger partial charge in [0, 0.05) is 23.2 Å². The largest absolute Gasteiger partial charge is 0.310 e. The van der Waals surface area contributed by atoms with Crippen molar-refractivity contribution in [3.63, 3.8) is 0 Å². The molecule has 0 bridgehead atoms. The molecular formula is C16H22FNS. The molecule has 0 atom stereocenters. The maximum atomic E-state index is 13.4. The summed E-state index contributed by atoms with van der Waals surface area (Å²) in [5, 5.41) is 3.49. The van der Waals surface area contributed by atoms with Crippen LogP contribution in [0.3, 0.4) is 0 Å². The van der Waals surface area contributed by atoms with Crippen molar-refractivity contribution in [1.82, 2.24) is 5.32 Å². The van der Waals surface area contributed by atoms with Crippen LogP contribution >= 0.6 is 11.8 Å². The third kappa shape index (κ3) is 3.96. The average Bonchev–Trinajstić information content (AvgIpc) is 3.10. The molecule has 2 aliphatic rings. The van der Waals surface area contributed by atoms with Gasteiger partial charge in [-0.15, -0.1) is 11.8 Å². The summed E-state index contributed by atoms with van der Waals surface area (Å²) in [6.45, 7) is 0.815. The first-order valence-electron chi connectivity index (χ1n) is 7.46. The second kappa shape index (κ2) is 6.27. The summed E-state index contributed by atoms with van der Waals surface area (Å²) in [6.07, 6.45) is 8.10. The Morgan fingerprint density at radius 1 is 1.16 bits per heavy atom. The minimum absolute atomic E-state index is 0.113. The van der Waals surface area contributed by atoms with Gasteiger partial charge >= 0.3 is 0 Å². The standard InChI is InChI=1S/C16H22FNS/c17-14-5-8-16(19-11-12-3-1-2-4-12)13(9-14)10-18-15-6-7-15/h5,8-9,12,15,18H,1-4,6-7,10-11H2. The Morgan fingerprint density at radius 3 is 2.68 bits per heavy atom. The van der Waals surface area contributed by atoms with Crippen LogP contribution in [0.5, 0.6) is 0 Å². The molecule has 3 rings (SSSR count). The topological polar surface area (TPSA) is 12.0 Å². The number of halogens is 1. The predicted octanol–water partition coefficient (Wildman–Crippen LogP) is 4.36. The van der Waals surface area contributed by atoms with Gasteiger partial charge in [0.15, 0.2) is 0 Å². The van der Waals surface area contributed by atoms with Gasteiger partial charge in [-0.1, -0.05) is 12.8 Å². The molecule has 19 heavy (non-hydrogen) atoms. The second-order valence-electron chi connectivity index (χ2n) is 5.87. The highest BCUT2D eigenvalue weighted by Crippen LogP contribution is 2.33. The SMILES string of the molecule is Fc1ccc(SCC2CCCC2)c(CNC2CC2)c1. The van der Waals surface area contributed by atoms with Crippen LogP contribution in [0.1, 0.15) is 44.1 Å². The van der Waals surface area contributed by atoms with Crippen molar-refractivity contribution >= 4 is 11.8 Å². The molecule has 0 saturated heterocycles. The van der Waals surface area contributed by atoms with Crippen LogP contribution in [0.25, 0.3) is 0 Å². The van der Waals surface area contributed by atoms with Crippen LogP contribution in [0, 0.1) is 11.7 Å². The highest BCUT2D eigenvalue weighted by Gasteiger charge is 2.21. The Hall–Kier alpha value is -0.540. The van der Waals surface area contributed by atoms with E-state index in [0.29, 0.717) is 6.04 Å². The highest BCUT2D eigenvalue weighted by atomic mass is 32.2. The van der Waals surface area contributed by atoms with Gasteiger partial charge in [-0.3, -0.25) is 0 Å². The normalized spacial score (nSPS) is 20.1. The fourth-order valence-electron chi connectivity index (χ4n) is 2.75. The summed E-state index contributed by atoms with van der Waals surface area (Å²) in [7, 11) is 0. The molecule has 0 aliphatic heterocycles. The lowest BCUT2D eigenvalue weighted by Crippen LogP contribution is -2.16. The molecule has 2 aliphatic carbocycles. The lowest BCUT2D eigenvalue weighted by Gasteiger charge is -2.13. The van der Waals surface area contributed by atoms with E-state index in [4.69, 9.17) is 0 Å². The molecule has 1 N–H and O–H groups in total. The Morgan fingerprint density at radius 2 is 1.95 bits per heavy atom. The Labute approximate surface area is 119 Å². The highest BCUT2D eigenvalue weighted by molar-refractivity contribution is 7.99. The quantitative estimate of drug-likeness (QED) is 0.776. The number of hydrogen-bond donors (Lipinski definition) is 1. The summed E-state index contributed by atoms with van der Waals surface area (Å²) in [5.74, 6) is 1.96. The van der Waals surface area contributed by atoms with Crippen molar-refractivity contribution < 1.29 is 4.39 Å². The van der Waals surface area contributed by atoms with E-state index >= 15 is 0 Å².